The van der Waals surface area contributed by atoms with E-state index in [1.54, 1.807) is 0 Å². The molecule has 4 aliphatic rings. The van der Waals surface area contributed by atoms with Gasteiger partial charge in [0.2, 0.25) is 0 Å². The smallest absolute Gasteiger partial charge is 0.317 e. The summed E-state index contributed by atoms with van der Waals surface area (Å²) in [7, 11) is 0. The summed E-state index contributed by atoms with van der Waals surface area (Å²) in [4.78, 5) is 26.6. The van der Waals surface area contributed by atoms with Gasteiger partial charge >= 0.3 is 11.9 Å². The van der Waals surface area contributed by atoms with Crippen molar-refractivity contribution < 1.29 is 19.1 Å². The third-order valence-corrected chi connectivity index (χ3v) is 8.11. The van der Waals surface area contributed by atoms with Crippen molar-refractivity contribution in [3.63, 3.8) is 0 Å². The Hall–Kier alpha value is -1.36. The standard InChI is InChI=1S/C22H25BrO4/c23-16-9-7-15(8-10-16)22-17(20(18(24)27-22)11-3-1-4-12-20)26-19(25)21(22)13-5-2-6-14-21/h7-10,17H,1-6,11-14H2. The predicted octanol–water partition coefficient (Wildman–Crippen LogP) is 5.03. The van der Waals surface area contributed by atoms with Crippen molar-refractivity contribution in [2.24, 2.45) is 10.8 Å². The summed E-state index contributed by atoms with van der Waals surface area (Å²) in [5, 5.41) is 0. The third-order valence-electron chi connectivity index (χ3n) is 7.58. The molecule has 4 fully saturated rings. The second-order valence-electron chi connectivity index (χ2n) is 8.78. The fourth-order valence-corrected chi connectivity index (χ4v) is 6.54. The van der Waals surface area contributed by atoms with E-state index < -0.39 is 22.5 Å². The summed E-state index contributed by atoms with van der Waals surface area (Å²) in [5.74, 6) is -0.292. The van der Waals surface area contributed by atoms with Crippen LogP contribution in [0.2, 0.25) is 0 Å². The van der Waals surface area contributed by atoms with Gasteiger partial charge in [0.25, 0.3) is 0 Å². The van der Waals surface area contributed by atoms with Gasteiger partial charge < -0.3 is 9.47 Å². The molecule has 2 saturated heterocycles. The van der Waals surface area contributed by atoms with Crippen LogP contribution < -0.4 is 0 Å². The second-order valence-corrected chi connectivity index (χ2v) is 9.69. The molecule has 0 aromatic heterocycles. The first-order chi connectivity index (χ1) is 13.1. The molecule has 144 valence electrons. The number of carbonyl (C=O) groups excluding carboxylic acids is 2. The van der Waals surface area contributed by atoms with Crippen LogP contribution in [0.4, 0.5) is 0 Å². The maximum atomic E-state index is 13.3. The predicted molar refractivity (Wildman–Crippen MR) is 103 cm³/mol. The van der Waals surface area contributed by atoms with Gasteiger partial charge in [-0.25, -0.2) is 0 Å². The zero-order valence-electron chi connectivity index (χ0n) is 15.5. The number of benzene rings is 1. The second kappa shape index (κ2) is 6.07. The molecule has 5 heteroatoms. The first-order valence-electron chi connectivity index (χ1n) is 10.3. The Bertz CT molecular complexity index is 772. The molecule has 2 aliphatic heterocycles. The van der Waals surface area contributed by atoms with Gasteiger partial charge in [-0.05, 0) is 37.8 Å². The van der Waals surface area contributed by atoms with E-state index in [9.17, 15) is 9.59 Å². The molecule has 2 saturated carbocycles. The third kappa shape index (κ3) is 2.15. The molecular weight excluding hydrogens is 408 g/mol. The molecule has 2 atom stereocenters. The molecular formula is C22H25BrO4. The molecule has 0 amide bonds. The summed E-state index contributed by atoms with van der Waals surface area (Å²) in [6.07, 6.45) is 8.69. The summed E-state index contributed by atoms with van der Waals surface area (Å²) in [6.45, 7) is 0. The van der Waals surface area contributed by atoms with Crippen molar-refractivity contribution in [3.05, 3.63) is 34.3 Å². The molecule has 27 heavy (non-hydrogen) atoms. The van der Waals surface area contributed by atoms with Gasteiger partial charge in [-0.2, -0.15) is 0 Å². The van der Waals surface area contributed by atoms with Crippen LogP contribution >= 0.6 is 15.9 Å². The lowest BCUT2D eigenvalue weighted by Crippen LogP contribution is -2.52. The van der Waals surface area contributed by atoms with Gasteiger partial charge in [0.15, 0.2) is 11.7 Å². The van der Waals surface area contributed by atoms with E-state index >= 15 is 0 Å². The van der Waals surface area contributed by atoms with Gasteiger partial charge in [0, 0.05) is 10.0 Å². The van der Waals surface area contributed by atoms with Crippen LogP contribution in [0, 0.1) is 10.8 Å². The van der Waals surface area contributed by atoms with E-state index in [2.05, 4.69) is 15.9 Å². The summed E-state index contributed by atoms with van der Waals surface area (Å²) < 4.78 is 13.5. The van der Waals surface area contributed by atoms with E-state index in [1.807, 2.05) is 24.3 Å². The normalized spacial score (nSPS) is 33.7. The number of esters is 2. The fourth-order valence-electron chi connectivity index (χ4n) is 6.28. The zero-order chi connectivity index (χ0) is 18.7. The molecule has 4 nitrogen and oxygen atoms in total. The van der Waals surface area contributed by atoms with Crippen molar-refractivity contribution in [1.29, 1.82) is 0 Å². The Morgan fingerprint density at radius 3 is 2.04 bits per heavy atom. The monoisotopic (exact) mass is 432 g/mol. The van der Waals surface area contributed by atoms with Gasteiger partial charge in [0.05, 0.1) is 0 Å². The topological polar surface area (TPSA) is 52.6 Å². The maximum absolute atomic E-state index is 13.3. The van der Waals surface area contributed by atoms with E-state index in [-0.39, 0.29) is 11.9 Å². The van der Waals surface area contributed by atoms with Crippen LogP contribution in [0.15, 0.2) is 28.7 Å². The minimum absolute atomic E-state index is 0.146. The summed E-state index contributed by atoms with van der Waals surface area (Å²) >= 11 is 3.50. The number of rotatable bonds is 1. The minimum Gasteiger partial charge on any atom is -0.456 e. The number of carbonyl (C=O) groups is 2. The Morgan fingerprint density at radius 1 is 0.815 bits per heavy atom. The zero-order valence-corrected chi connectivity index (χ0v) is 17.1. The molecule has 2 unspecified atom stereocenters. The number of halogens is 1. The average molecular weight is 433 g/mol. The summed E-state index contributed by atoms with van der Waals surface area (Å²) in [5.41, 5.74) is -1.46. The number of hydrogen-bond acceptors (Lipinski definition) is 4. The molecule has 2 heterocycles. The Morgan fingerprint density at radius 2 is 1.41 bits per heavy atom. The first kappa shape index (κ1) is 17.7. The van der Waals surface area contributed by atoms with Crippen LogP contribution in [-0.2, 0) is 24.7 Å². The lowest BCUT2D eigenvalue weighted by Gasteiger charge is -2.43. The Labute approximate surface area is 168 Å². The fraction of sp³-hybridized carbons (Fsp3) is 0.636. The summed E-state index contributed by atoms with van der Waals surface area (Å²) in [6, 6.07) is 7.95. The van der Waals surface area contributed by atoms with Crippen LogP contribution in [0.5, 0.6) is 0 Å². The van der Waals surface area contributed by atoms with Gasteiger partial charge in [-0.3, -0.25) is 9.59 Å². The van der Waals surface area contributed by atoms with Crippen molar-refractivity contribution in [2.75, 3.05) is 0 Å². The SMILES string of the molecule is O=C1OC2(c3ccc(Br)cc3)C(OC(=O)C23CCCCC3)C12CCCCC2. The van der Waals surface area contributed by atoms with E-state index in [1.165, 1.54) is 0 Å². The van der Waals surface area contributed by atoms with Crippen LogP contribution in [0.1, 0.15) is 69.8 Å². The number of fused-ring (bicyclic) bond motifs is 3. The first-order valence-corrected chi connectivity index (χ1v) is 11.1. The van der Waals surface area contributed by atoms with Crippen molar-refractivity contribution in [3.8, 4) is 0 Å². The molecule has 0 bridgehead atoms. The van der Waals surface area contributed by atoms with Crippen LogP contribution in [0.25, 0.3) is 0 Å². The van der Waals surface area contributed by atoms with E-state index in [4.69, 9.17) is 9.47 Å². The lowest BCUT2D eigenvalue weighted by molar-refractivity contribution is -0.173. The van der Waals surface area contributed by atoms with Gasteiger partial charge in [-0.15, -0.1) is 0 Å². The van der Waals surface area contributed by atoms with Crippen LogP contribution in [-0.4, -0.2) is 18.0 Å². The number of hydrogen-bond donors (Lipinski definition) is 0. The lowest BCUT2D eigenvalue weighted by atomic mass is 9.57. The van der Waals surface area contributed by atoms with Gasteiger partial charge in [0.1, 0.15) is 10.8 Å². The highest BCUT2D eigenvalue weighted by molar-refractivity contribution is 9.10. The molecule has 5 rings (SSSR count). The van der Waals surface area contributed by atoms with Gasteiger partial charge in [-0.1, -0.05) is 66.6 Å². The highest BCUT2D eigenvalue weighted by atomic mass is 79.9. The van der Waals surface area contributed by atoms with Crippen molar-refractivity contribution >= 4 is 27.9 Å². The van der Waals surface area contributed by atoms with E-state index in [0.717, 1.165) is 74.2 Å². The molecule has 1 aromatic carbocycles. The molecule has 0 N–H and O–H groups in total. The van der Waals surface area contributed by atoms with Crippen molar-refractivity contribution in [1.82, 2.24) is 0 Å². The van der Waals surface area contributed by atoms with E-state index in [0.29, 0.717) is 0 Å². The number of ether oxygens (including phenoxy) is 2. The Balaban J connectivity index is 1.72. The van der Waals surface area contributed by atoms with Crippen molar-refractivity contribution in [2.45, 2.75) is 75.9 Å². The molecule has 0 radical (unpaired) electrons. The highest BCUT2D eigenvalue weighted by Crippen LogP contribution is 2.68. The van der Waals surface area contributed by atoms with Crippen LogP contribution in [0.3, 0.4) is 0 Å². The molecule has 2 aliphatic carbocycles. The molecule has 1 aromatic rings. The molecule has 2 spiro atoms. The quantitative estimate of drug-likeness (QED) is 0.584. The highest BCUT2D eigenvalue weighted by Gasteiger charge is 2.80. The Kier molecular flexibility index (Phi) is 3.98. The largest absolute Gasteiger partial charge is 0.456 e. The average Bonchev–Trinajstić information content (AvgIpc) is 3.06. The minimum atomic E-state index is -0.973. The maximum Gasteiger partial charge on any atom is 0.317 e.